The summed E-state index contributed by atoms with van der Waals surface area (Å²) in [7, 11) is 0. The number of aryl methyl sites for hydroxylation is 2. The first-order valence-corrected chi connectivity index (χ1v) is 6.76. The molecular weight excluding hydrogens is 260 g/mol. The summed E-state index contributed by atoms with van der Waals surface area (Å²) >= 11 is 1.34. The van der Waals surface area contributed by atoms with Gasteiger partial charge in [-0.2, -0.15) is 0 Å². The van der Waals surface area contributed by atoms with Crippen LogP contribution in [0.15, 0.2) is 39.2 Å². The summed E-state index contributed by atoms with van der Waals surface area (Å²) in [6, 6.07) is 7.30. The van der Waals surface area contributed by atoms with Crippen molar-refractivity contribution in [1.29, 1.82) is 0 Å². The number of nitrogens with one attached hydrogen (secondary N) is 1. The van der Waals surface area contributed by atoms with Crippen LogP contribution < -0.4 is 11.2 Å². The quantitative estimate of drug-likeness (QED) is 0.739. The number of aromatic amines is 1. The number of aromatic nitrogens is 2. The topological polar surface area (TPSA) is 54.9 Å². The smallest absolute Gasteiger partial charge is 0.306 e. The van der Waals surface area contributed by atoms with Gasteiger partial charge >= 0.3 is 5.69 Å². The Hall–Kier alpha value is -2.14. The zero-order chi connectivity index (χ0) is 13.6. The minimum Gasteiger partial charge on any atom is -0.306 e. The second kappa shape index (κ2) is 4.20. The number of fused-ring (bicyclic) bond motifs is 1. The van der Waals surface area contributed by atoms with Crippen molar-refractivity contribution in [3.05, 3.63) is 61.6 Å². The maximum Gasteiger partial charge on any atom is 0.333 e. The van der Waals surface area contributed by atoms with Crippen molar-refractivity contribution in [2.75, 3.05) is 0 Å². The molecule has 0 spiro atoms. The van der Waals surface area contributed by atoms with E-state index >= 15 is 0 Å². The van der Waals surface area contributed by atoms with Gasteiger partial charge in [-0.15, -0.1) is 11.3 Å². The molecule has 0 radical (unpaired) electrons. The second-order valence-corrected chi connectivity index (χ2v) is 5.42. The van der Waals surface area contributed by atoms with Crippen LogP contribution in [0.2, 0.25) is 0 Å². The van der Waals surface area contributed by atoms with Crippen LogP contribution in [0.1, 0.15) is 11.1 Å². The van der Waals surface area contributed by atoms with Crippen molar-refractivity contribution in [2.45, 2.75) is 13.8 Å². The normalized spacial score (nSPS) is 11.1. The minimum atomic E-state index is -0.404. The number of nitrogens with zero attached hydrogens (tertiary/aromatic N) is 1. The van der Waals surface area contributed by atoms with Gasteiger partial charge in [0.25, 0.3) is 5.56 Å². The molecule has 4 nitrogen and oxygen atoms in total. The van der Waals surface area contributed by atoms with Crippen LogP contribution in [0.3, 0.4) is 0 Å². The molecule has 0 bridgehead atoms. The SMILES string of the molecule is Cc1ccc(-n2c(=O)[nH]c3ccsc3c2=O)cc1C. The van der Waals surface area contributed by atoms with Gasteiger partial charge < -0.3 is 4.98 Å². The van der Waals surface area contributed by atoms with E-state index in [1.807, 2.05) is 26.0 Å². The summed E-state index contributed by atoms with van der Waals surface area (Å²) in [5.41, 5.74) is 2.71. The van der Waals surface area contributed by atoms with Gasteiger partial charge in [-0.3, -0.25) is 4.79 Å². The van der Waals surface area contributed by atoms with E-state index in [2.05, 4.69) is 4.98 Å². The van der Waals surface area contributed by atoms with Crippen LogP contribution in [0, 0.1) is 13.8 Å². The zero-order valence-corrected chi connectivity index (χ0v) is 11.4. The molecule has 1 N–H and O–H groups in total. The van der Waals surface area contributed by atoms with E-state index in [1.54, 1.807) is 17.5 Å². The molecule has 0 aliphatic carbocycles. The van der Waals surface area contributed by atoms with Crippen LogP contribution in [-0.4, -0.2) is 9.55 Å². The monoisotopic (exact) mass is 272 g/mol. The Labute approximate surface area is 113 Å². The lowest BCUT2D eigenvalue weighted by molar-refractivity contribution is 0.902. The van der Waals surface area contributed by atoms with Crippen molar-refractivity contribution >= 4 is 21.6 Å². The molecule has 0 saturated heterocycles. The molecule has 0 atom stereocenters. The van der Waals surface area contributed by atoms with E-state index in [0.717, 1.165) is 11.1 Å². The first kappa shape index (κ1) is 11.9. The standard InChI is InChI=1S/C14H12N2O2S/c1-8-3-4-10(7-9(8)2)16-13(17)12-11(5-6-19-12)15-14(16)18/h3-7H,1-2H3,(H,15,18). The third-order valence-corrected chi connectivity index (χ3v) is 4.16. The molecule has 3 aromatic rings. The molecule has 0 amide bonds. The number of hydrogen-bond acceptors (Lipinski definition) is 3. The average Bonchev–Trinajstić information content (AvgIpc) is 2.82. The highest BCUT2D eigenvalue weighted by Crippen LogP contribution is 2.15. The number of benzene rings is 1. The summed E-state index contributed by atoms with van der Waals surface area (Å²) in [5, 5.41) is 1.80. The fraction of sp³-hybridized carbons (Fsp3) is 0.143. The predicted molar refractivity (Wildman–Crippen MR) is 77.5 cm³/mol. The highest BCUT2D eigenvalue weighted by atomic mass is 32.1. The molecule has 0 aliphatic heterocycles. The van der Waals surface area contributed by atoms with Gasteiger partial charge in [0.1, 0.15) is 4.70 Å². The molecule has 2 heterocycles. The van der Waals surface area contributed by atoms with Crippen LogP contribution in [0.25, 0.3) is 15.9 Å². The molecular formula is C14H12N2O2S. The average molecular weight is 272 g/mol. The Morgan fingerprint density at radius 2 is 1.89 bits per heavy atom. The maximum atomic E-state index is 12.4. The highest BCUT2D eigenvalue weighted by Gasteiger charge is 2.10. The number of hydrogen-bond donors (Lipinski definition) is 1. The lowest BCUT2D eigenvalue weighted by atomic mass is 10.1. The lowest BCUT2D eigenvalue weighted by Crippen LogP contribution is -2.33. The molecule has 3 rings (SSSR count). The van der Waals surface area contributed by atoms with Crippen LogP contribution in [0.4, 0.5) is 0 Å². The molecule has 0 aliphatic rings. The molecule has 0 saturated carbocycles. The van der Waals surface area contributed by atoms with Crippen molar-refractivity contribution < 1.29 is 0 Å². The number of rotatable bonds is 1. The summed E-state index contributed by atoms with van der Waals surface area (Å²) in [5.74, 6) is 0. The van der Waals surface area contributed by atoms with Crippen molar-refractivity contribution in [3.63, 3.8) is 0 Å². The predicted octanol–water partition coefficient (Wildman–Crippen LogP) is 2.36. The second-order valence-electron chi connectivity index (χ2n) is 4.50. The largest absolute Gasteiger partial charge is 0.333 e. The van der Waals surface area contributed by atoms with E-state index in [1.165, 1.54) is 15.9 Å². The van der Waals surface area contributed by atoms with E-state index in [0.29, 0.717) is 15.9 Å². The highest BCUT2D eigenvalue weighted by molar-refractivity contribution is 7.17. The molecule has 0 unspecified atom stereocenters. The van der Waals surface area contributed by atoms with Gasteiger partial charge in [0, 0.05) is 0 Å². The fourth-order valence-corrected chi connectivity index (χ4v) is 2.82. The summed E-state index contributed by atoms with van der Waals surface area (Å²) in [4.78, 5) is 27.2. The molecule has 1 aromatic carbocycles. The lowest BCUT2D eigenvalue weighted by Gasteiger charge is -2.07. The van der Waals surface area contributed by atoms with Gasteiger partial charge in [-0.25, -0.2) is 9.36 Å². The van der Waals surface area contributed by atoms with Gasteiger partial charge in [-0.1, -0.05) is 6.07 Å². The Bertz CT molecular complexity index is 886. The molecule has 96 valence electrons. The molecule has 0 fully saturated rings. The molecule has 19 heavy (non-hydrogen) atoms. The van der Waals surface area contributed by atoms with Crippen molar-refractivity contribution in [1.82, 2.24) is 9.55 Å². The van der Waals surface area contributed by atoms with Crippen LogP contribution in [-0.2, 0) is 0 Å². The van der Waals surface area contributed by atoms with E-state index in [9.17, 15) is 9.59 Å². The summed E-state index contributed by atoms with van der Waals surface area (Å²) < 4.78 is 1.75. The van der Waals surface area contributed by atoms with E-state index in [4.69, 9.17) is 0 Å². The Morgan fingerprint density at radius 1 is 1.11 bits per heavy atom. The third-order valence-electron chi connectivity index (χ3n) is 3.26. The van der Waals surface area contributed by atoms with Crippen molar-refractivity contribution in [3.8, 4) is 5.69 Å². The zero-order valence-electron chi connectivity index (χ0n) is 10.6. The first-order chi connectivity index (χ1) is 9.08. The maximum absolute atomic E-state index is 12.4. The van der Waals surface area contributed by atoms with Gasteiger partial charge in [0.05, 0.1) is 11.2 Å². The van der Waals surface area contributed by atoms with Crippen LogP contribution in [0.5, 0.6) is 0 Å². The van der Waals surface area contributed by atoms with E-state index < -0.39 is 5.69 Å². The molecule has 2 aromatic heterocycles. The Balaban J connectivity index is 2.38. The minimum absolute atomic E-state index is 0.267. The summed E-state index contributed by atoms with van der Waals surface area (Å²) in [6.45, 7) is 3.95. The Morgan fingerprint density at radius 3 is 2.63 bits per heavy atom. The van der Waals surface area contributed by atoms with Crippen LogP contribution >= 0.6 is 11.3 Å². The van der Waals surface area contributed by atoms with Crippen molar-refractivity contribution in [2.24, 2.45) is 0 Å². The first-order valence-electron chi connectivity index (χ1n) is 5.88. The van der Waals surface area contributed by atoms with E-state index in [-0.39, 0.29) is 5.56 Å². The van der Waals surface area contributed by atoms with Gasteiger partial charge in [0.2, 0.25) is 0 Å². The fourth-order valence-electron chi connectivity index (χ4n) is 2.04. The summed E-state index contributed by atoms with van der Waals surface area (Å²) in [6.07, 6.45) is 0. The van der Waals surface area contributed by atoms with Gasteiger partial charge in [-0.05, 0) is 48.6 Å². The number of thiophene rings is 1. The third kappa shape index (κ3) is 1.82. The molecule has 5 heteroatoms. The number of H-pyrrole nitrogens is 1. The van der Waals surface area contributed by atoms with Gasteiger partial charge in [0.15, 0.2) is 0 Å². The Kier molecular flexibility index (Phi) is 2.64.